The van der Waals surface area contributed by atoms with E-state index in [0.717, 1.165) is 64.2 Å². The molecule has 3 N–H and O–H groups in total. The van der Waals surface area contributed by atoms with Gasteiger partial charge in [0.05, 0.1) is 14.9 Å². The van der Waals surface area contributed by atoms with Crippen LogP contribution in [0.15, 0.2) is 49.3 Å². The minimum absolute atomic E-state index is 0. The van der Waals surface area contributed by atoms with E-state index in [1.165, 1.54) is 45.4 Å². The average molecular weight is 849 g/mol. The molecule has 1 unspecified atom stereocenters. The zero-order valence-electron chi connectivity index (χ0n) is 37.7. The van der Waals surface area contributed by atoms with Gasteiger partial charge < -0.3 is 18.2 Å². The van der Waals surface area contributed by atoms with Crippen molar-refractivity contribution in [1.82, 2.24) is 0 Å². The summed E-state index contributed by atoms with van der Waals surface area (Å²) in [4.78, 5) is 17.4. The first kappa shape index (κ1) is 52.6. The Labute approximate surface area is 353 Å². The summed E-state index contributed by atoms with van der Waals surface area (Å²) in [5, 5.41) is 6.02. The van der Waals surface area contributed by atoms with E-state index < -0.39 is 10.2 Å². The Morgan fingerprint density at radius 1 is 0.750 bits per heavy atom. The van der Waals surface area contributed by atoms with Crippen molar-refractivity contribution in [3.05, 3.63) is 47.1 Å². The van der Waals surface area contributed by atoms with Crippen molar-refractivity contribution in [2.24, 2.45) is 60.3 Å². The molecule has 11 heteroatoms. The third-order valence-corrected chi connectivity index (χ3v) is 14.9. The van der Waals surface area contributed by atoms with Gasteiger partial charge in [0.15, 0.2) is 0 Å². The standard InChI is InChI=1S/C44H71N4.CH3.ClHO4.Co.H2O/c1-16-22-30-33-26-34-40(9,10)31(23-17-2)35(46-34)27(7)38-43(14,25-19-4)29(20-5)39(47-38)44(15)41(11,12)32(24-18-3)36(48-44)28(8)37(45-33)42(30,13)21-6;;2-1(3,4)5;;/h26,29-32,39H,16-25H2,1-15H3;1H3;(H,2,3,4,5);;1H2/q2*-1;;+2;/t29-,30+,31+,32+,39?,42-,43+,44-;;;;/m0..../s1. The number of aliphatic imine (C=N–C) groups is 3. The molecular weight excluding hydrogens is 771 g/mol. The molecule has 0 aromatic heterocycles. The molecule has 5 heterocycles. The average Bonchev–Trinajstić information content (AvgIpc) is 3.67. The van der Waals surface area contributed by atoms with Crippen molar-refractivity contribution >= 4 is 17.1 Å². The Morgan fingerprint density at radius 2 is 1.27 bits per heavy atom. The zero-order valence-corrected chi connectivity index (χ0v) is 39.5. The van der Waals surface area contributed by atoms with Crippen LogP contribution >= 0.6 is 0 Å². The maximum absolute atomic E-state index is 8.60. The largest absolute Gasteiger partial charge is 2.00 e. The van der Waals surface area contributed by atoms with Gasteiger partial charge in [-0.1, -0.05) is 128 Å². The van der Waals surface area contributed by atoms with Crippen LogP contribution < -0.4 is 14.0 Å². The van der Waals surface area contributed by atoms with Crippen LogP contribution in [0.25, 0.3) is 5.32 Å². The molecule has 8 bridgehead atoms. The molecule has 1 radical (unpaired) electrons. The van der Waals surface area contributed by atoms with Crippen molar-refractivity contribution in [2.45, 2.75) is 180 Å². The number of fused-ring (bicyclic) bond motifs is 6. The number of halogens is 1. The van der Waals surface area contributed by atoms with E-state index in [1.807, 2.05) is 0 Å². The number of hydrogen-bond donors (Lipinski definition) is 1. The topological polar surface area (TPSA) is 172 Å². The van der Waals surface area contributed by atoms with Gasteiger partial charge in [-0.15, -0.1) is 0 Å². The molecule has 8 atom stereocenters. The molecule has 0 saturated carbocycles. The molecule has 0 aromatic carbocycles. The van der Waals surface area contributed by atoms with Crippen LogP contribution in [0.5, 0.6) is 0 Å². The molecule has 1 saturated heterocycles. The minimum atomic E-state index is -4.69. The molecule has 5 aliphatic rings. The van der Waals surface area contributed by atoms with Gasteiger partial charge in [-0.05, 0) is 80.4 Å². The van der Waals surface area contributed by atoms with E-state index in [1.54, 1.807) is 0 Å². The van der Waals surface area contributed by atoms with Crippen LogP contribution in [0.3, 0.4) is 0 Å². The summed E-state index contributed by atoms with van der Waals surface area (Å²) in [5.41, 5.74) is 9.91. The normalized spacial score (nSPS) is 33.9. The summed E-state index contributed by atoms with van der Waals surface area (Å²) >= 11 is 0. The molecule has 1 fully saturated rings. The van der Waals surface area contributed by atoms with E-state index in [9.17, 15) is 0 Å². The van der Waals surface area contributed by atoms with Gasteiger partial charge in [-0.25, -0.2) is 0 Å². The Balaban J connectivity index is 0.00000184. The summed E-state index contributed by atoms with van der Waals surface area (Å²) in [6.45, 7) is 36.4. The third-order valence-electron chi connectivity index (χ3n) is 14.9. The fraction of sp³-hybridized carbons (Fsp3) is 0.778. The van der Waals surface area contributed by atoms with E-state index in [2.05, 4.69) is 110 Å². The second-order valence-corrected chi connectivity index (χ2v) is 19.3. The summed E-state index contributed by atoms with van der Waals surface area (Å²) in [7, 11) is -4.69. The van der Waals surface area contributed by atoms with E-state index in [4.69, 9.17) is 38.9 Å². The number of allylic oxidation sites excluding steroid dienone is 6. The summed E-state index contributed by atoms with van der Waals surface area (Å²) in [6.07, 6.45) is 13.8. The van der Waals surface area contributed by atoms with Crippen molar-refractivity contribution < 1.29 is 51.1 Å². The maximum Gasteiger partial charge on any atom is 2.00 e. The first-order valence-corrected chi connectivity index (χ1v) is 22.0. The van der Waals surface area contributed by atoms with Gasteiger partial charge >= 0.3 is 16.8 Å². The van der Waals surface area contributed by atoms with Gasteiger partial charge in [0, 0.05) is 62.7 Å². The van der Waals surface area contributed by atoms with Crippen molar-refractivity contribution in [2.75, 3.05) is 0 Å². The second kappa shape index (κ2) is 18.9. The van der Waals surface area contributed by atoms with Crippen LogP contribution in [0.1, 0.15) is 168 Å². The predicted octanol–water partition coefficient (Wildman–Crippen LogP) is 8.36. The summed E-state index contributed by atoms with van der Waals surface area (Å²) in [6, 6.07) is 0.126. The van der Waals surface area contributed by atoms with Gasteiger partial charge in [0.1, 0.15) is 0 Å². The molecular formula is C45H77ClCoN4O5. The van der Waals surface area contributed by atoms with Crippen LogP contribution in [0.2, 0.25) is 0 Å². The van der Waals surface area contributed by atoms with Gasteiger partial charge in [0.2, 0.25) is 0 Å². The van der Waals surface area contributed by atoms with Gasteiger partial charge in [-0.2, -0.15) is 19.7 Å². The molecule has 0 aliphatic carbocycles. The van der Waals surface area contributed by atoms with Crippen molar-refractivity contribution in [3.63, 3.8) is 0 Å². The van der Waals surface area contributed by atoms with Crippen molar-refractivity contribution in [1.29, 1.82) is 0 Å². The Morgan fingerprint density at radius 3 is 1.75 bits per heavy atom. The minimum Gasteiger partial charge on any atom is -0.680 e. The molecule has 56 heavy (non-hydrogen) atoms. The quantitative estimate of drug-likeness (QED) is 0.218. The van der Waals surface area contributed by atoms with Crippen LogP contribution in [-0.4, -0.2) is 38.9 Å². The molecule has 0 amide bonds. The zero-order chi connectivity index (χ0) is 40.1. The second-order valence-electron chi connectivity index (χ2n) is 18.5. The van der Waals surface area contributed by atoms with Crippen molar-refractivity contribution in [3.8, 4) is 0 Å². The molecule has 323 valence electrons. The van der Waals surface area contributed by atoms with E-state index in [-0.39, 0.29) is 62.9 Å². The third kappa shape index (κ3) is 8.75. The first-order valence-electron chi connectivity index (χ1n) is 20.8. The maximum atomic E-state index is 8.60. The molecule has 5 rings (SSSR count). The SMILES string of the molecule is CCC[C@@H]1C2=C(C)C3=NC([C@H](CC)[C@@]3(C)CCC)[C@]3(C)[N-]C(=C(C)C4=NC(=CC(=N2)C1(C)C)[C@@H](CCC)[C@]4(C)CC)[C@@H](CCC)C3(C)C.O.[CH3-].[Co+2].[O-][Cl+3]([O-])([O-])O. The monoisotopic (exact) mass is 847 g/mol. The van der Waals surface area contributed by atoms with Gasteiger partial charge in [-0.3, -0.25) is 15.0 Å². The smallest absolute Gasteiger partial charge is 0.680 e. The fourth-order valence-electron chi connectivity index (χ4n) is 11.4. The van der Waals surface area contributed by atoms with Crippen LogP contribution in [-0.2, 0) is 16.8 Å². The van der Waals surface area contributed by atoms with Crippen LogP contribution in [0, 0.1) is 63.0 Å². The van der Waals surface area contributed by atoms with E-state index >= 15 is 0 Å². The Bertz CT molecular complexity index is 1590. The molecule has 0 spiro atoms. The molecule has 5 aliphatic heterocycles. The number of rotatable bonds is 10. The fourth-order valence-corrected chi connectivity index (χ4v) is 11.4. The van der Waals surface area contributed by atoms with Gasteiger partial charge in [0.25, 0.3) is 0 Å². The Kier molecular flexibility index (Phi) is 17.8. The first-order chi connectivity index (χ1) is 24.5. The Hall–Kier alpha value is -1.37. The number of nitrogens with zero attached hydrogens (tertiary/aromatic N) is 4. The molecule has 9 nitrogen and oxygen atoms in total. The van der Waals surface area contributed by atoms with E-state index in [0.29, 0.717) is 23.7 Å². The molecule has 0 aromatic rings. The van der Waals surface area contributed by atoms with Crippen LogP contribution in [0.4, 0.5) is 0 Å². The number of hydrogen-bond acceptors (Lipinski definition) is 7. The summed E-state index contributed by atoms with van der Waals surface area (Å²) in [5.74, 6) is 1.56. The predicted molar refractivity (Wildman–Crippen MR) is 222 cm³/mol. The summed E-state index contributed by atoms with van der Waals surface area (Å²) < 4.78 is 32.7.